The summed E-state index contributed by atoms with van der Waals surface area (Å²) in [5, 5.41) is 3.43. The summed E-state index contributed by atoms with van der Waals surface area (Å²) in [6, 6.07) is 0.596. The molecule has 0 aromatic carbocycles. The lowest BCUT2D eigenvalue weighted by atomic mass is 10.2. The third-order valence-electron chi connectivity index (χ3n) is 2.94. The van der Waals surface area contributed by atoms with Gasteiger partial charge in [-0.05, 0) is 19.4 Å². The largest absolute Gasteiger partial charge is 0.382 e. The van der Waals surface area contributed by atoms with Crippen LogP contribution in [-0.4, -0.2) is 65.9 Å². The van der Waals surface area contributed by atoms with E-state index in [4.69, 9.17) is 18.9 Å². The first-order valence-corrected chi connectivity index (χ1v) is 8.23. The van der Waals surface area contributed by atoms with Crippen LogP contribution in [0.1, 0.15) is 39.5 Å². The SMILES string of the molecule is COCCOCCOCCOCCCCCCNC(C)C. The molecule has 0 fully saturated rings. The summed E-state index contributed by atoms with van der Waals surface area (Å²) >= 11 is 0. The van der Waals surface area contributed by atoms with Gasteiger partial charge in [0.1, 0.15) is 0 Å². The van der Waals surface area contributed by atoms with Crippen molar-refractivity contribution < 1.29 is 18.9 Å². The Morgan fingerprint density at radius 3 is 1.76 bits per heavy atom. The summed E-state index contributed by atoms with van der Waals surface area (Å²) in [6.07, 6.45) is 4.92. The van der Waals surface area contributed by atoms with Crippen LogP contribution in [0.5, 0.6) is 0 Å². The molecular weight excluding hydrogens is 270 g/mol. The van der Waals surface area contributed by atoms with Crippen molar-refractivity contribution in [3.05, 3.63) is 0 Å². The van der Waals surface area contributed by atoms with Gasteiger partial charge in [0.15, 0.2) is 0 Å². The average Bonchev–Trinajstić information content (AvgIpc) is 2.46. The predicted molar refractivity (Wildman–Crippen MR) is 85.9 cm³/mol. The smallest absolute Gasteiger partial charge is 0.0701 e. The molecular formula is C16H35NO4. The van der Waals surface area contributed by atoms with Crippen LogP contribution < -0.4 is 5.32 Å². The monoisotopic (exact) mass is 305 g/mol. The van der Waals surface area contributed by atoms with Crippen molar-refractivity contribution in [3.63, 3.8) is 0 Å². The Bertz CT molecular complexity index is 191. The average molecular weight is 305 g/mol. The number of rotatable bonds is 17. The molecule has 0 aliphatic rings. The molecule has 1 N–H and O–H groups in total. The Labute approximate surface area is 130 Å². The Balaban J connectivity index is 2.93. The van der Waals surface area contributed by atoms with E-state index in [9.17, 15) is 0 Å². The lowest BCUT2D eigenvalue weighted by Crippen LogP contribution is -2.23. The minimum Gasteiger partial charge on any atom is -0.382 e. The molecule has 0 radical (unpaired) electrons. The van der Waals surface area contributed by atoms with E-state index in [2.05, 4.69) is 19.2 Å². The van der Waals surface area contributed by atoms with Gasteiger partial charge >= 0.3 is 0 Å². The van der Waals surface area contributed by atoms with Crippen molar-refractivity contribution >= 4 is 0 Å². The number of ether oxygens (including phenoxy) is 4. The Morgan fingerprint density at radius 1 is 0.667 bits per heavy atom. The van der Waals surface area contributed by atoms with Crippen molar-refractivity contribution in [1.29, 1.82) is 0 Å². The molecule has 5 nitrogen and oxygen atoms in total. The summed E-state index contributed by atoms with van der Waals surface area (Å²) in [5.41, 5.74) is 0. The predicted octanol–water partition coefficient (Wildman–Crippen LogP) is 2.24. The van der Waals surface area contributed by atoms with E-state index in [0.717, 1.165) is 19.6 Å². The molecule has 0 amide bonds. The van der Waals surface area contributed by atoms with Gasteiger partial charge in [0, 0.05) is 19.8 Å². The van der Waals surface area contributed by atoms with Crippen molar-refractivity contribution in [1.82, 2.24) is 5.32 Å². The van der Waals surface area contributed by atoms with Crippen LogP contribution in [0.15, 0.2) is 0 Å². The first-order valence-electron chi connectivity index (χ1n) is 8.23. The molecule has 0 saturated heterocycles. The van der Waals surface area contributed by atoms with Crippen LogP contribution in [-0.2, 0) is 18.9 Å². The lowest BCUT2D eigenvalue weighted by Gasteiger charge is -2.08. The van der Waals surface area contributed by atoms with Crippen molar-refractivity contribution in [2.45, 2.75) is 45.6 Å². The summed E-state index contributed by atoms with van der Waals surface area (Å²) in [4.78, 5) is 0. The first-order chi connectivity index (χ1) is 10.3. The Hall–Kier alpha value is -0.200. The zero-order chi connectivity index (χ0) is 15.6. The first kappa shape index (κ1) is 20.8. The molecule has 0 rings (SSSR count). The van der Waals surface area contributed by atoms with Crippen LogP contribution in [0, 0.1) is 0 Å². The maximum Gasteiger partial charge on any atom is 0.0701 e. The van der Waals surface area contributed by atoms with E-state index in [1.165, 1.54) is 19.3 Å². The van der Waals surface area contributed by atoms with Gasteiger partial charge in [-0.3, -0.25) is 0 Å². The molecule has 0 bridgehead atoms. The van der Waals surface area contributed by atoms with E-state index >= 15 is 0 Å². The van der Waals surface area contributed by atoms with E-state index in [1.807, 2.05) is 0 Å². The van der Waals surface area contributed by atoms with Crippen molar-refractivity contribution in [2.24, 2.45) is 0 Å². The number of nitrogens with one attached hydrogen (secondary N) is 1. The summed E-state index contributed by atoms with van der Waals surface area (Å²) < 4.78 is 21.1. The summed E-state index contributed by atoms with van der Waals surface area (Å²) in [5.74, 6) is 0. The Kier molecular flexibility index (Phi) is 17.7. The maximum absolute atomic E-state index is 5.52. The molecule has 0 saturated carbocycles. The van der Waals surface area contributed by atoms with Gasteiger partial charge in [-0.15, -0.1) is 0 Å². The fourth-order valence-electron chi connectivity index (χ4n) is 1.76. The minimum absolute atomic E-state index is 0.596. The van der Waals surface area contributed by atoms with Crippen LogP contribution >= 0.6 is 0 Å². The van der Waals surface area contributed by atoms with Gasteiger partial charge in [0.05, 0.1) is 39.6 Å². The second-order valence-electron chi connectivity index (χ2n) is 5.35. The van der Waals surface area contributed by atoms with E-state index in [1.54, 1.807) is 7.11 Å². The minimum atomic E-state index is 0.596. The highest BCUT2D eigenvalue weighted by atomic mass is 16.6. The number of hydrogen-bond acceptors (Lipinski definition) is 5. The van der Waals surface area contributed by atoms with E-state index < -0.39 is 0 Å². The molecule has 0 aromatic rings. The summed E-state index contributed by atoms with van der Waals surface area (Å²) in [6.45, 7) is 10.1. The van der Waals surface area contributed by atoms with Gasteiger partial charge in [0.2, 0.25) is 0 Å². The zero-order valence-electron chi connectivity index (χ0n) is 14.2. The number of hydrogen-bond donors (Lipinski definition) is 1. The highest BCUT2D eigenvalue weighted by Gasteiger charge is 1.94. The fraction of sp³-hybridized carbons (Fsp3) is 1.00. The Morgan fingerprint density at radius 2 is 1.19 bits per heavy atom. The second kappa shape index (κ2) is 17.9. The molecule has 21 heavy (non-hydrogen) atoms. The quantitative estimate of drug-likeness (QED) is 0.418. The van der Waals surface area contributed by atoms with E-state index in [-0.39, 0.29) is 0 Å². The lowest BCUT2D eigenvalue weighted by molar-refractivity contribution is 0.00323. The van der Waals surface area contributed by atoms with Gasteiger partial charge in [-0.25, -0.2) is 0 Å². The van der Waals surface area contributed by atoms with Crippen LogP contribution in [0.25, 0.3) is 0 Å². The fourth-order valence-corrected chi connectivity index (χ4v) is 1.76. The molecule has 0 atom stereocenters. The normalized spacial score (nSPS) is 11.4. The standard InChI is InChI=1S/C16H35NO4/c1-16(2)17-8-6-4-5-7-9-19-12-13-21-15-14-20-11-10-18-3/h16-17H,4-15H2,1-3H3. The van der Waals surface area contributed by atoms with Gasteiger partial charge in [-0.1, -0.05) is 26.7 Å². The van der Waals surface area contributed by atoms with Gasteiger partial charge < -0.3 is 24.3 Å². The molecule has 5 heteroatoms. The van der Waals surface area contributed by atoms with Crippen molar-refractivity contribution in [2.75, 3.05) is 59.9 Å². The maximum atomic E-state index is 5.52. The third kappa shape index (κ3) is 19.8. The molecule has 0 aliphatic carbocycles. The molecule has 0 aromatic heterocycles. The van der Waals surface area contributed by atoms with Gasteiger partial charge in [0.25, 0.3) is 0 Å². The second-order valence-corrected chi connectivity index (χ2v) is 5.35. The number of methoxy groups -OCH3 is 1. The van der Waals surface area contributed by atoms with Crippen LogP contribution in [0.4, 0.5) is 0 Å². The van der Waals surface area contributed by atoms with Crippen molar-refractivity contribution in [3.8, 4) is 0 Å². The third-order valence-corrected chi connectivity index (χ3v) is 2.94. The molecule has 0 spiro atoms. The number of unbranched alkanes of at least 4 members (excludes halogenated alkanes) is 3. The highest BCUT2D eigenvalue weighted by molar-refractivity contribution is 4.53. The van der Waals surface area contributed by atoms with Crippen LogP contribution in [0.2, 0.25) is 0 Å². The van der Waals surface area contributed by atoms with E-state index in [0.29, 0.717) is 45.7 Å². The zero-order valence-corrected chi connectivity index (χ0v) is 14.2. The molecule has 0 unspecified atom stereocenters. The van der Waals surface area contributed by atoms with Gasteiger partial charge in [-0.2, -0.15) is 0 Å². The highest BCUT2D eigenvalue weighted by Crippen LogP contribution is 1.99. The molecule has 0 aliphatic heterocycles. The van der Waals surface area contributed by atoms with Crippen LogP contribution in [0.3, 0.4) is 0 Å². The topological polar surface area (TPSA) is 49.0 Å². The molecule has 128 valence electrons. The molecule has 0 heterocycles. The summed E-state index contributed by atoms with van der Waals surface area (Å²) in [7, 11) is 1.67.